The third kappa shape index (κ3) is 9.53. The van der Waals surface area contributed by atoms with Crippen molar-refractivity contribution in [2.24, 2.45) is 11.7 Å². The van der Waals surface area contributed by atoms with Crippen molar-refractivity contribution in [3.63, 3.8) is 0 Å². The largest absolute Gasteiger partial charge is 0.377 e. The number of hydrogen-bond acceptors (Lipinski definition) is 4. The van der Waals surface area contributed by atoms with E-state index < -0.39 is 6.23 Å². The summed E-state index contributed by atoms with van der Waals surface area (Å²) in [7, 11) is 0. The van der Waals surface area contributed by atoms with Crippen LogP contribution in [0.5, 0.6) is 0 Å². The van der Waals surface area contributed by atoms with Crippen LogP contribution in [0, 0.1) is 5.92 Å². The maximum Gasteiger partial charge on any atom is 0.117 e. The van der Waals surface area contributed by atoms with Crippen LogP contribution in [0.3, 0.4) is 0 Å². The first-order valence-corrected chi connectivity index (χ1v) is 6.79. The molecule has 0 heterocycles. The molecule has 0 rings (SSSR count). The minimum Gasteiger partial charge on any atom is -0.377 e. The van der Waals surface area contributed by atoms with Crippen molar-refractivity contribution in [1.29, 1.82) is 0 Å². The Morgan fingerprint density at radius 3 is 2.41 bits per heavy atom. The maximum atomic E-state index is 9.66. The Kier molecular flexibility index (Phi) is 8.78. The van der Waals surface area contributed by atoms with Gasteiger partial charge in [0.15, 0.2) is 0 Å². The Balaban J connectivity index is 3.48. The second-order valence-corrected chi connectivity index (χ2v) is 5.56. The zero-order valence-electron chi connectivity index (χ0n) is 11.9. The van der Waals surface area contributed by atoms with Crippen LogP contribution in [0.15, 0.2) is 0 Å². The van der Waals surface area contributed by atoms with Crippen molar-refractivity contribution in [2.45, 2.75) is 58.7 Å². The van der Waals surface area contributed by atoms with E-state index in [-0.39, 0.29) is 5.54 Å². The second kappa shape index (κ2) is 8.86. The van der Waals surface area contributed by atoms with E-state index in [2.05, 4.69) is 24.5 Å². The van der Waals surface area contributed by atoms with E-state index in [0.717, 1.165) is 19.5 Å². The molecule has 0 saturated heterocycles. The highest BCUT2D eigenvalue weighted by molar-refractivity contribution is 4.80. The minimum atomic E-state index is -0.458. The molecule has 0 amide bonds. The van der Waals surface area contributed by atoms with Gasteiger partial charge in [-0.25, -0.2) is 0 Å². The third-order valence-electron chi connectivity index (χ3n) is 3.22. The number of rotatable bonds is 10. The molecule has 0 aliphatic rings. The van der Waals surface area contributed by atoms with Crippen molar-refractivity contribution in [3.05, 3.63) is 0 Å². The van der Waals surface area contributed by atoms with Gasteiger partial charge in [-0.1, -0.05) is 26.7 Å². The first kappa shape index (κ1) is 16.8. The molecule has 0 aromatic rings. The molecule has 0 spiro atoms. The number of hydrogen-bond donors (Lipinski definition) is 4. The lowest BCUT2D eigenvalue weighted by Gasteiger charge is -2.27. The average Bonchev–Trinajstić information content (AvgIpc) is 2.23. The van der Waals surface area contributed by atoms with E-state index in [9.17, 15) is 5.11 Å². The van der Waals surface area contributed by atoms with Gasteiger partial charge in [-0.05, 0) is 39.3 Å². The molecule has 4 nitrogen and oxygen atoms in total. The molecule has 0 saturated carbocycles. The summed E-state index contributed by atoms with van der Waals surface area (Å²) in [5, 5.41) is 16.0. The maximum absolute atomic E-state index is 9.66. The fraction of sp³-hybridized carbons (Fsp3) is 1.00. The molecule has 0 aliphatic carbocycles. The van der Waals surface area contributed by atoms with Gasteiger partial charge in [0.2, 0.25) is 0 Å². The molecule has 0 radical (unpaired) electrons. The molecule has 2 atom stereocenters. The molecule has 0 unspecified atom stereocenters. The first-order chi connectivity index (χ1) is 7.88. The van der Waals surface area contributed by atoms with Crippen LogP contribution in [-0.4, -0.2) is 36.5 Å². The molecule has 4 heteroatoms. The Morgan fingerprint density at radius 1 is 1.24 bits per heavy atom. The standard InChI is InChI=1S/C13H31N3O/c1-5-6-7-8-16-12(17)10-15-9-11(2)13(3,4)14/h11-12,15-17H,5-10,14H2,1-4H3/t11-,12+/m0/s1. The van der Waals surface area contributed by atoms with Crippen LogP contribution >= 0.6 is 0 Å². The lowest BCUT2D eigenvalue weighted by Crippen LogP contribution is -2.46. The third-order valence-corrected chi connectivity index (χ3v) is 3.22. The van der Waals surface area contributed by atoms with Gasteiger partial charge < -0.3 is 16.2 Å². The molecule has 104 valence electrons. The molecule has 0 bridgehead atoms. The Bertz CT molecular complexity index is 180. The van der Waals surface area contributed by atoms with Crippen LogP contribution < -0.4 is 16.4 Å². The zero-order chi connectivity index (χ0) is 13.3. The molecular weight excluding hydrogens is 214 g/mol. The number of nitrogens with two attached hydrogens (primary N) is 1. The average molecular weight is 245 g/mol. The summed E-state index contributed by atoms with van der Waals surface area (Å²) >= 11 is 0. The monoisotopic (exact) mass is 245 g/mol. The number of unbranched alkanes of at least 4 members (excludes halogenated alkanes) is 2. The Hall–Kier alpha value is -0.160. The lowest BCUT2D eigenvalue weighted by molar-refractivity contribution is 0.132. The predicted octanol–water partition coefficient (Wildman–Crippen LogP) is 1.05. The molecule has 0 aromatic heterocycles. The molecule has 0 fully saturated rings. The second-order valence-electron chi connectivity index (χ2n) is 5.56. The normalized spacial score (nSPS) is 15.9. The summed E-state index contributed by atoms with van der Waals surface area (Å²) in [6.07, 6.45) is 3.09. The minimum absolute atomic E-state index is 0.174. The van der Waals surface area contributed by atoms with E-state index >= 15 is 0 Å². The quantitative estimate of drug-likeness (QED) is 0.343. The van der Waals surface area contributed by atoms with E-state index in [1.807, 2.05) is 13.8 Å². The van der Waals surface area contributed by atoms with Crippen LogP contribution in [0.1, 0.15) is 47.0 Å². The lowest BCUT2D eigenvalue weighted by atomic mass is 9.90. The SMILES string of the molecule is CCCCCN[C@H](O)CNC[C@H](C)C(C)(C)N. The molecule has 0 aromatic carbocycles. The van der Waals surface area contributed by atoms with Gasteiger partial charge in [0.25, 0.3) is 0 Å². The number of aliphatic hydroxyl groups excluding tert-OH is 1. The van der Waals surface area contributed by atoms with Crippen molar-refractivity contribution in [1.82, 2.24) is 10.6 Å². The number of nitrogens with one attached hydrogen (secondary N) is 2. The molecule has 0 aliphatic heterocycles. The van der Waals surface area contributed by atoms with E-state index in [1.165, 1.54) is 12.8 Å². The van der Waals surface area contributed by atoms with Gasteiger partial charge in [-0.15, -0.1) is 0 Å². The van der Waals surface area contributed by atoms with Crippen LogP contribution in [0.2, 0.25) is 0 Å². The fourth-order valence-electron chi connectivity index (χ4n) is 1.42. The van der Waals surface area contributed by atoms with Gasteiger partial charge in [0, 0.05) is 12.1 Å². The van der Waals surface area contributed by atoms with E-state index in [4.69, 9.17) is 5.73 Å². The van der Waals surface area contributed by atoms with Gasteiger partial charge in [-0.3, -0.25) is 5.32 Å². The van der Waals surface area contributed by atoms with E-state index in [1.54, 1.807) is 0 Å². The van der Waals surface area contributed by atoms with Crippen LogP contribution in [-0.2, 0) is 0 Å². The fourth-order valence-corrected chi connectivity index (χ4v) is 1.42. The Labute approximate surface area is 106 Å². The summed E-state index contributed by atoms with van der Waals surface area (Å²) in [6.45, 7) is 10.6. The smallest absolute Gasteiger partial charge is 0.117 e. The number of aliphatic hydroxyl groups is 1. The van der Waals surface area contributed by atoms with Crippen LogP contribution in [0.25, 0.3) is 0 Å². The van der Waals surface area contributed by atoms with E-state index in [0.29, 0.717) is 12.5 Å². The Morgan fingerprint density at radius 2 is 1.88 bits per heavy atom. The van der Waals surface area contributed by atoms with Gasteiger partial charge in [0.1, 0.15) is 6.23 Å². The van der Waals surface area contributed by atoms with Crippen LogP contribution in [0.4, 0.5) is 0 Å². The molecule has 5 N–H and O–H groups in total. The van der Waals surface area contributed by atoms with Gasteiger partial charge in [0.05, 0.1) is 0 Å². The highest BCUT2D eigenvalue weighted by atomic mass is 16.3. The molecule has 17 heavy (non-hydrogen) atoms. The summed E-state index contributed by atoms with van der Waals surface area (Å²) in [5.74, 6) is 0.384. The van der Waals surface area contributed by atoms with Gasteiger partial charge >= 0.3 is 0 Å². The highest BCUT2D eigenvalue weighted by Crippen LogP contribution is 2.10. The highest BCUT2D eigenvalue weighted by Gasteiger charge is 2.19. The van der Waals surface area contributed by atoms with Crippen molar-refractivity contribution >= 4 is 0 Å². The van der Waals surface area contributed by atoms with Crippen molar-refractivity contribution in [2.75, 3.05) is 19.6 Å². The molecular formula is C13H31N3O. The van der Waals surface area contributed by atoms with Crippen molar-refractivity contribution < 1.29 is 5.11 Å². The summed E-state index contributed by atoms with van der Waals surface area (Å²) in [6, 6.07) is 0. The topological polar surface area (TPSA) is 70.3 Å². The van der Waals surface area contributed by atoms with Crippen molar-refractivity contribution in [3.8, 4) is 0 Å². The summed E-state index contributed by atoms with van der Waals surface area (Å²) < 4.78 is 0. The van der Waals surface area contributed by atoms with Gasteiger partial charge in [-0.2, -0.15) is 0 Å². The zero-order valence-corrected chi connectivity index (χ0v) is 11.9. The predicted molar refractivity (Wildman–Crippen MR) is 73.8 cm³/mol. The first-order valence-electron chi connectivity index (χ1n) is 6.79. The summed E-state index contributed by atoms with van der Waals surface area (Å²) in [4.78, 5) is 0. The summed E-state index contributed by atoms with van der Waals surface area (Å²) in [5.41, 5.74) is 5.82.